The van der Waals surface area contributed by atoms with Crippen LogP contribution in [0.4, 0.5) is 0 Å². The monoisotopic (exact) mass is 265 g/mol. The molecule has 0 saturated heterocycles. The fourth-order valence-corrected chi connectivity index (χ4v) is 2.20. The molecular formula is C5H5Br2N3. The minimum Gasteiger partial charge on any atom is -0.293 e. The zero-order valence-corrected chi connectivity index (χ0v) is 8.26. The van der Waals surface area contributed by atoms with Gasteiger partial charge in [-0.25, -0.2) is 0 Å². The second-order valence-electron chi connectivity index (χ2n) is 2.34. The van der Waals surface area contributed by atoms with Gasteiger partial charge in [-0.15, -0.1) is 10.2 Å². The molecule has 0 spiro atoms. The molecule has 0 bridgehead atoms. The summed E-state index contributed by atoms with van der Waals surface area (Å²) in [4.78, 5) is 0. The van der Waals surface area contributed by atoms with E-state index >= 15 is 0 Å². The average Bonchev–Trinajstić information content (AvgIpc) is 2.64. The summed E-state index contributed by atoms with van der Waals surface area (Å²) in [6.07, 6.45) is 2.49. The maximum atomic E-state index is 3.86. The van der Waals surface area contributed by atoms with Crippen LogP contribution in [-0.4, -0.2) is 14.8 Å². The van der Waals surface area contributed by atoms with Crippen LogP contribution in [0.3, 0.4) is 0 Å². The van der Waals surface area contributed by atoms with Crippen molar-refractivity contribution in [2.24, 2.45) is 0 Å². The third-order valence-corrected chi connectivity index (χ3v) is 2.61. The van der Waals surface area contributed by atoms with Gasteiger partial charge >= 0.3 is 0 Å². The molecule has 1 heterocycles. The number of hydrogen-bond donors (Lipinski definition) is 0. The molecule has 0 radical (unpaired) electrons. The Hall–Kier alpha value is 0.1000. The van der Waals surface area contributed by atoms with Gasteiger partial charge in [0.25, 0.3) is 0 Å². The molecule has 10 heavy (non-hydrogen) atoms. The van der Waals surface area contributed by atoms with E-state index in [1.165, 1.54) is 12.8 Å². The number of rotatable bonds is 1. The lowest BCUT2D eigenvalue weighted by Crippen LogP contribution is -1.93. The first-order valence-electron chi connectivity index (χ1n) is 3.05. The molecule has 1 aliphatic carbocycles. The first-order chi connectivity index (χ1) is 4.79. The maximum Gasteiger partial charge on any atom is 0.201 e. The van der Waals surface area contributed by atoms with Crippen molar-refractivity contribution in [1.82, 2.24) is 14.8 Å². The molecule has 0 N–H and O–H groups in total. The minimum atomic E-state index is 0.624. The van der Waals surface area contributed by atoms with Gasteiger partial charge < -0.3 is 0 Å². The van der Waals surface area contributed by atoms with Gasteiger partial charge in [-0.05, 0) is 44.7 Å². The highest BCUT2D eigenvalue weighted by atomic mass is 79.9. The Morgan fingerprint density at radius 2 is 1.70 bits per heavy atom. The summed E-state index contributed by atoms with van der Waals surface area (Å²) in [5, 5.41) is 7.72. The van der Waals surface area contributed by atoms with Crippen LogP contribution in [0.2, 0.25) is 0 Å². The lowest BCUT2D eigenvalue weighted by Gasteiger charge is -1.98. The van der Waals surface area contributed by atoms with Crippen LogP contribution in [0.1, 0.15) is 18.9 Å². The summed E-state index contributed by atoms with van der Waals surface area (Å²) in [6, 6.07) is 0.624. The van der Waals surface area contributed by atoms with E-state index < -0.39 is 0 Å². The van der Waals surface area contributed by atoms with Crippen LogP contribution >= 0.6 is 31.9 Å². The van der Waals surface area contributed by atoms with E-state index in [0.717, 1.165) is 9.47 Å². The topological polar surface area (TPSA) is 30.7 Å². The maximum absolute atomic E-state index is 3.86. The standard InChI is InChI=1S/C5H5Br2N3/c6-4-8-9-5(7)10(4)3-1-2-3/h3H,1-2H2. The van der Waals surface area contributed by atoms with Crippen molar-refractivity contribution in [3.63, 3.8) is 0 Å². The molecular weight excluding hydrogens is 262 g/mol. The fourth-order valence-electron chi connectivity index (χ4n) is 0.889. The van der Waals surface area contributed by atoms with Crippen LogP contribution in [0.5, 0.6) is 0 Å². The molecule has 0 aliphatic heterocycles. The van der Waals surface area contributed by atoms with Crippen LogP contribution < -0.4 is 0 Å². The highest BCUT2D eigenvalue weighted by molar-refractivity contribution is 9.11. The summed E-state index contributed by atoms with van der Waals surface area (Å²) in [7, 11) is 0. The normalized spacial score (nSPS) is 17.8. The van der Waals surface area contributed by atoms with Gasteiger partial charge in [0.2, 0.25) is 9.47 Å². The molecule has 0 aromatic carbocycles. The Bertz CT molecular complexity index is 234. The third-order valence-electron chi connectivity index (χ3n) is 1.52. The number of nitrogens with zero attached hydrogens (tertiary/aromatic N) is 3. The first kappa shape index (κ1) is 6.79. The molecule has 5 heteroatoms. The van der Waals surface area contributed by atoms with E-state index in [1.807, 2.05) is 0 Å². The molecule has 0 unspecified atom stereocenters. The SMILES string of the molecule is Brc1nnc(Br)n1C1CC1. The number of aromatic nitrogens is 3. The van der Waals surface area contributed by atoms with E-state index in [-0.39, 0.29) is 0 Å². The van der Waals surface area contributed by atoms with Crippen molar-refractivity contribution >= 4 is 31.9 Å². The highest BCUT2D eigenvalue weighted by Gasteiger charge is 2.27. The molecule has 0 amide bonds. The molecule has 1 aliphatic rings. The Balaban J connectivity index is 2.44. The zero-order chi connectivity index (χ0) is 7.14. The van der Waals surface area contributed by atoms with Crippen molar-refractivity contribution in [2.75, 3.05) is 0 Å². The first-order valence-corrected chi connectivity index (χ1v) is 4.63. The van der Waals surface area contributed by atoms with Gasteiger partial charge in [-0.1, -0.05) is 0 Å². The van der Waals surface area contributed by atoms with Gasteiger partial charge in [0.05, 0.1) is 0 Å². The van der Waals surface area contributed by atoms with Crippen molar-refractivity contribution in [3.05, 3.63) is 9.47 Å². The number of hydrogen-bond acceptors (Lipinski definition) is 2. The van der Waals surface area contributed by atoms with Crippen LogP contribution in [0.25, 0.3) is 0 Å². The lowest BCUT2D eigenvalue weighted by atomic mass is 10.7. The van der Waals surface area contributed by atoms with Crippen molar-refractivity contribution in [1.29, 1.82) is 0 Å². The summed E-state index contributed by atoms with van der Waals surface area (Å²) < 4.78 is 3.70. The van der Waals surface area contributed by atoms with E-state index in [4.69, 9.17) is 0 Å². The van der Waals surface area contributed by atoms with E-state index in [0.29, 0.717) is 6.04 Å². The molecule has 1 aromatic heterocycles. The third kappa shape index (κ3) is 1.01. The van der Waals surface area contributed by atoms with Gasteiger partial charge in [-0.2, -0.15) is 0 Å². The van der Waals surface area contributed by atoms with Crippen LogP contribution in [-0.2, 0) is 0 Å². The summed E-state index contributed by atoms with van der Waals surface area (Å²) >= 11 is 6.63. The van der Waals surface area contributed by atoms with Crippen molar-refractivity contribution < 1.29 is 0 Å². The quantitative estimate of drug-likeness (QED) is 0.780. The zero-order valence-electron chi connectivity index (χ0n) is 5.09. The Labute approximate surface area is 75.1 Å². The Morgan fingerprint density at radius 3 is 2.10 bits per heavy atom. The molecule has 2 rings (SSSR count). The van der Waals surface area contributed by atoms with Crippen molar-refractivity contribution in [3.8, 4) is 0 Å². The summed E-state index contributed by atoms with van der Waals surface area (Å²) in [5.74, 6) is 0. The second-order valence-corrected chi connectivity index (χ2v) is 3.76. The van der Waals surface area contributed by atoms with Gasteiger partial charge in [-0.3, -0.25) is 4.57 Å². The van der Waals surface area contributed by atoms with Gasteiger partial charge in [0.1, 0.15) is 0 Å². The predicted octanol–water partition coefficient (Wildman–Crippen LogP) is 2.14. The predicted molar refractivity (Wildman–Crippen MR) is 43.7 cm³/mol. The van der Waals surface area contributed by atoms with Crippen molar-refractivity contribution in [2.45, 2.75) is 18.9 Å². The Kier molecular flexibility index (Phi) is 1.56. The largest absolute Gasteiger partial charge is 0.293 e. The smallest absolute Gasteiger partial charge is 0.201 e. The molecule has 1 fully saturated rings. The summed E-state index contributed by atoms with van der Waals surface area (Å²) in [5.41, 5.74) is 0. The summed E-state index contributed by atoms with van der Waals surface area (Å²) in [6.45, 7) is 0. The highest BCUT2D eigenvalue weighted by Crippen LogP contribution is 2.38. The average molecular weight is 267 g/mol. The second kappa shape index (κ2) is 2.30. The van der Waals surface area contributed by atoms with Crippen LogP contribution in [0, 0.1) is 0 Å². The van der Waals surface area contributed by atoms with E-state index in [9.17, 15) is 0 Å². The Morgan fingerprint density at radius 1 is 1.20 bits per heavy atom. The molecule has 1 saturated carbocycles. The number of halogens is 2. The molecule has 3 nitrogen and oxygen atoms in total. The minimum absolute atomic E-state index is 0.624. The van der Waals surface area contributed by atoms with E-state index in [2.05, 4.69) is 46.6 Å². The lowest BCUT2D eigenvalue weighted by molar-refractivity contribution is 0.702. The van der Waals surface area contributed by atoms with Crippen LogP contribution in [0.15, 0.2) is 9.47 Å². The fraction of sp³-hybridized carbons (Fsp3) is 0.600. The molecule has 54 valence electrons. The molecule has 1 aromatic rings. The van der Waals surface area contributed by atoms with Gasteiger partial charge in [0.15, 0.2) is 0 Å². The van der Waals surface area contributed by atoms with Gasteiger partial charge in [0, 0.05) is 6.04 Å². The molecule has 0 atom stereocenters. The van der Waals surface area contributed by atoms with E-state index in [1.54, 1.807) is 0 Å².